The zero-order valence-corrected chi connectivity index (χ0v) is 10.9. The van der Waals surface area contributed by atoms with Crippen molar-refractivity contribution in [2.45, 2.75) is 45.5 Å². The summed E-state index contributed by atoms with van der Waals surface area (Å²) >= 11 is 0. The van der Waals surface area contributed by atoms with Crippen LogP contribution in [0.3, 0.4) is 0 Å². The molecule has 0 aromatic rings. The molecule has 0 spiro atoms. The molecule has 14 heavy (non-hydrogen) atoms. The highest BCUT2D eigenvalue weighted by molar-refractivity contribution is 6.77. The molecule has 0 aliphatic rings. The fourth-order valence-corrected chi connectivity index (χ4v) is 3.60. The first-order valence-corrected chi connectivity index (χ1v) is 8.63. The van der Waals surface area contributed by atoms with Crippen molar-refractivity contribution in [3.8, 4) is 0 Å². The van der Waals surface area contributed by atoms with Gasteiger partial charge in [0.05, 0.1) is 14.7 Å². The molecule has 0 heterocycles. The first-order valence-electron chi connectivity index (χ1n) is 5.21. The summed E-state index contributed by atoms with van der Waals surface area (Å²) in [4.78, 5) is 11.1. The molecule has 0 aliphatic heterocycles. The topological polar surface area (TPSA) is 26.3 Å². The van der Waals surface area contributed by atoms with Crippen molar-refractivity contribution in [3.63, 3.8) is 0 Å². The van der Waals surface area contributed by atoms with E-state index in [9.17, 15) is 4.79 Å². The Balaban J connectivity index is 3.73. The largest absolute Gasteiger partial charge is 0.463 e. The lowest BCUT2D eigenvalue weighted by molar-refractivity contribution is -0.138. The molecule has 0 fully saturated rings. The Morgan fingerprint density at radius 1 is 1.36 bits per heavy atom. The summed E-state index contributed by atoms with van der Waals surface area (Å²) < 4.78 is 5.08. The molecule has 0 atom stereocenters. The summed E-state index contributed by atoms with van der Waals surface area (Å²) in [5.74, 6) is -0.258. The lowest BCUT2D eigenvalue weighted by atomic mass is 10.4. The van der Waals surface area contributed by atoms with E-state index in [1.807, 2.05) is 0 Å². The summed E-state index contributed by atoms with van der Waals surface area (Å²) in [6, 6.07) is 2.36. The van der Waals surface area contributed by atoms with Crippen LogP contribution in [0.15, 0.2) is 12.2 Å². The van der Waals surface area contributed by atoms with E-state index in [1.165, 1.54) is 12.5 Å². The highest BCUT2D eigenvalue weighted by Crippen LogP contribution is 2.17. The van der Waals surface area contributed by atoms with Gasteiger partial charge in [0.1, 0.15) is 0 Å². The number of hydrogen-bond acceptors (Lipinski definition) is 2. The molecule has 0 radical (unpaired) electrons. The van der Waals surface area contributed by atoms with Gasteiger partial charge in [-0.1, -0.05) is 39.1 Å². The first kappa shape index (κ1) is 13.4. The third-order valence-corrected chi connectivity index (χ3v) is 5.70. The molecule has 0 aromatic carbocycles. The average molecular weight is 214 g/mol. The molecule has 2 nitrogen and oxygen atoms in total. The maximum atomic E-state index is 11.1. The molecule has 0 aliphatic carbocycles. The van der Waals surface area contributed by atoms with Crippen LogP contribution in [0.25, 0.3) is 0 Å². The molecular weight excluding hydrogens is 192 g/mol. The van der Waals surface area contributed by atoms with E-state index in [2.05, 4.69) is 26.6 Å². The quantitative estimate of drug-likeness (QED) is 0.385. The van der Waals surface area contributed by atoms with Crippen molar-refractivity contribution >= 4 is 14.0 Å². The molecule has 0 saturated heterocycles. The van der Waals surface area contributed by atoms with Gasteiger partial charge < -0.3 is 4.74 Å². The Bertz CT molecular complexity index is 209. The maximum absolute atomic E-state index is 11.1. The molecule has 0 unspecified atom stereocenters. The Kier molecular flexibility index (Phi) is 5.77. The molecule has 0 rings (SSSR count). The number of rotatable bonds is 6. The van der Waals surface area contributed by atoms with Crippen LogP contribution in [0.5, 0.6) is 0 Å². The van der Waals surface area contributed by atoms with Crippen molar-refractivity contribution in [3.05, 3.63) is 12.2 Å². The van der Waals surface area contributed by atoms with E-state index < -0.39 is 8.07 Å². The predicted molar refractivity (Wildman–Crippen MR) is 63.2 cm³/mol. The van der Waals surface area contributed by atoms with Gasteiger partial charge in [-0.05, 0) is 13.0 Å². The summed E-state index contributed by atoms with van der Waals surface area (Å²) in [7, 11) is -1.11. The molecule has 0 amide bonds. The highest BCUT2D eigenvalue weighted by atomic mass is 28.3. The van der Waals surface area contributed by atoms with Crippen molar-refractivity contribution in [2.24, 2.45) is 0 Å². The Morgan fingerprint density at radius 3 is 2.36 bits per heavy atom. The fourth-order valence-electron chi connectivity index (χ4n) is 1.34. The Labute approximate surface area is 88.4 Å². The third-order valence-electron chi connectivity index (χ3n) is 2.29. The van der Waals surface area contributed by atoms with Gasteiger partial charge in [-0.25, -0.2) is 4.79 Å². The lowest BCUT2D eigenvalue weighted by Gasteiger charge is -2.20. The van der Waals surface area contributed by atoms with Gasteiger partial charge in [0.15, 0.2) is 0 Å². The molecule has 0 bridgehead atoms. The summed E-state index contributed by atoms with van der Waals surface area (Å²) in [5.41, 5.74) is 0.486. The van der Waals surface area contributed by atoms with Crippen molar-refractivity contribution < 1.29 is 9.53 Å². The molecule has 3 heteroatoms. The van der Waals surface area contributed by atoms with Crippen molar-refractivity contribution in [1.82, 2.24) is 0 Å². The van der Waals surface area contributed by atoms with Crippen molar-refractivity contribution in [2.75, 3.05) is 6.61 Å². The van der Waals surface area contributed by atoms with E-state index in [1.54, 1.807) is 6.92 Å². The van der Waals surface area contributed by atoms with E-state index in [0.717, 1.165) is 6.04 Å². The van der Waals surface area contributed by atoms with Crippen LogP contribution in [0.1, 0.15) is 20.3 Å². The third kappa shape index (κ3) is 5.97. The zero-order valence-electron chi connectivity index (χ0n) is 9.85. The van der Waals surface area contributed by atoms with Crippen LogP contribution in [0.2, 0.25) is 25.2 Å². The lowest BCUT2D eigenvalue weighted by Crippen LogP contribution is -2.27. The number of hydrogen-bond donors (Lipinski definition) is 0. The van der Waals surface area contributed by atoms with Crippen LogP contribution in [-0.4, -0.2) is 20.7 Å². The van der Waals surface area contributed by atoms with Gasteiger partial charge in [0.2, 0.25) is 0 Å². The minimum absolute atomic E-state index is 0.258. The molecular formula is C11H22O2Si. The molecule has 0 N–H and O–H groups in total. The number of carbonyl (C=O) groups is 1. The zero-order chi connectivity index (χ0) is 11.2. The number of esters is 1. The summed E-state index contributed by atoms with van der Waals surface area (Å²) in [6.45, 7) is 12.7. The number of carbonyl (C=O) groups excluding carboxylic acids is 1. The fraction of sp³-hybridized carbons (Fsp3) is 0.727. The standard InChI is InChI=1S/C11H22O2Si/c1-6-8-14(4,5)9-7-13-11(12)10(2)3/h2,6-9H2,1,3-5H3. The second-order valence-electron chi connectivity index (χ2n) is 4.58. The van der Waals surface area contributed by atoms with Gasteiger partial charge in [0.25, 0.3) is 0 Å². The van der Waals surface area contributed by atoms with Gasteiger partial charge in [0, 0.05) is 5.57 Å². The van der Waals surface area contributed by atoms with Crippen LogP contribution in [0, 0.1) is 0 Å². The Hall–Kier alpha value is -0.573. The van der Waals surface area contributed by atoms with E-state index >= 15 is 0 Å². The highest BCUT2D eigenvalue weighted by Gasteiger charge is 2.19. The second kappa shape index (κ2) is 6.01. The van der Waals surface area contributed by atoms with Crippen LogP contribution in [-0.2, 0) is 9.53 Å². The minimum atomic E-state index is -1.11. The summed E-state index contributed by atoms with van der Waals surface area (Å²) in [6.07, 6.45) is 1.23. The van der Waals surface area contributed by atoms with Crippen molar-refractivity contribution in [1.29, 1.82) is 0 Å². The smallest absolute Gasteiger partial charge is 0.333 e. The van der Waals surface area contributed by atoms with E-state index in [4.69, 9.17) is 4.74 Å². The monoisotopic (exact) mass is 214 g/mol. The van der Waals surface area contributed by atoms with Gasteiger partial charge >= 0.3 is 5.97 Å². The predicted octanol–water partition coefficient (Wildman–Crippen LogP) is 3.22. The maximum Gasteiger partial charge on any atom is 0.333 e. The van der Waals surface area contributed by atoms with Gasteiger partial charge in [-0.15, -0.1) is 0 Å². The van der Waals surface area contributed by atoms with Crippen LogP contribution >= 0.6 is 0 Å². The summed E-state index contributed by atoms with van der Waals surface area (Å²) in [5, 5.41) is 0. The average Bonchev–Trinajstić information content (AvgIpc) is 2.03. The first-order chi connectivity index (χ1) is 6.39. The molecule has 0 saturated carbocycles. The SMILES string of the molecule is C=C(C)C(=O)OCC[Si](C)(C)CCC. The van der Waals surface area contributed by atoms with Crippen LogP contribution in [0.4, 0.5) is 0 Å². The Morgan fingerprint density at radius 2 is 1.93 bits per heavy atom. The van der Waals surface area contributed by atoms with E-state index in [-0.39, 0.29) is 5.97 Å². The van der Waals surface area contributed by atoms with Crippen LogP contribution < -0.4 is 0 Å². The van der Waals surface area contributed by atoms with Gasteiger partial charge in [-0.3, -0.25) is 0 Å². The number of ether oxygens (including phenoxy) is 1. The normalized spacial score (nSPS) is 11.1. The molecule has 0 aromatic heterocycles. The second-order valence-corrected chi connectivity index (χ2v) is 9.91. The minimum Gasteiger partial charge on any atom is -0.463 e. The van der Waals surface area contributed by atoms with E-state index in [0.29, 0.717) is 12.2 Å². The molecule has 82 valence electrons. The van der Waals surface area contributed by atoms with Gasteiger partial charge in [-0.2, -0.15) is 0 Å².